The lowest BCUT2D eigenvalue weighted by atomic mass is 10.1. The highest BCUT2D eigenvalue weighted by Gasteiger charge is 2.27. The Bertz CT molecular complexity index is 529. The fraction of sp³-hybridized carbons (Fsp3) is 0.154. The Morgan fingerprint density at radius 3 is 2.94 bits per heavy atom. The van der Waals surface area contributed by atoms with E-state index in [-0.39, 0.29) is 11.8 Å². The lowest BCUT2D eigenvalue weighted by Gasteiger charge is -2.08. The lowest BCUT2D eigenvalue weighted by molar-refractivity contribution is 0.0966. The van der Waals surface area contributed by atoms with Gasteiger partial charge in [-0.3, -0.25) is 9.78 Å². The summed E-state index contributed by atoms with van der Waals surface area (Å²) in [5, 5.41) is 3.22. The van der Waals surface area contributed by atoms with Gasteiger partial charge in [-0.2, -0.15) is 0 Å². The van der Waals surface area contributed by atoms with Crippen molar-refractivity contribution in [2.75, 3.05) is 5.32 Å². The number of para-hydroxylation sites is 1. The van der Waals surface area contributed by atoms with Crippen molar-refractivity contribution in [3.05, 3.63) is 54.1 Å². The van der Waals surface area contributed by atoms with Crippen molar-refractivity contribution in [1.82, 2.24) is 9.97 Å². The van der Waals surface area contributed by atoms with Crippen molar-refractivity contribution in [2.45, 2.75) is 12.5 Å². The molecule has 0 radical (unpaired) electrons. The Labute approximate surface area is 98.7 Å². The SMILES string of the molecule is O=C(c1cnccn1)C1Cc2ccccc2N1. The van der Waals surface area contributed by atoms with Crippen LogP contribution in [0.4, 0.5) is 5.69 Å². The number of benzene rings is 1. The maximum atomic E-state index is 12.2. The van der Waals surface area contributed by atoms with Crippen LogP contribution in [0.3, 0.4) is 0 Å². The van der Waals surface area contributed by atoms with Gasteiger partial charge in [-0.15, -0.1) is 0 Å². The summed E-state index contributed by atoms with van der Waals surface area (Å²) >= 11 is 0. The zero-order valence-corrected chi connectivity index (χ0v) is 9.13. The number of nitrogens with zero attached hydrogens (tertiary/aromatic N) is 2. The molecule has 2 aromatic rings. The van der Waals surface area contributed by atoms with E-state index in [2.05, 4.69) is 15.3 Å². The number of hydrogen-bond donors (Lipinski definition) is 1. The third kappa shape index (κ3) is 1.78. The van der Waals surface area contributed by atoms with Gasteiger partial charge in [0.25, 0.3) is 0 Å². The minimum Gasteiger partial charge on any atom is -0.374 e. The third-order valence-corrected chi connectivity index (χ3v) is 2.90. The number of rotatable bonds is 2. The molecule has 17 heavy (non-hydrogen) atoms. The molecule has 1 aromatic heterocycles. The zero-order chi connectivity index (χ0) is 11.7. The minimum absolute atomic E-state index is 0.00528. The second kappa shape index (κ2) is 3.97. The summed E-state index contributed by atoms with van der Waals surface area (Å²) in [6, 6.07) is 7.74. The first-order chi connectivity index (χ1) is 8.34. The molecule has 4 heteroatoms. The Balaban J connectivity index is 1.84. The number of aromatic nitrogens is 2. The number of Topliss-reactive ketones (excluding diaryl/α,β-unsaturated/α-hetero) is 1. The van der Waals surface area contributed by atoms with Crippen LogP contribution in [-0.4, -0.2) is 21.8 Å². The molecule has 1 aliphatic heterocycles. The summed E-state index contributed by atoms with van der Waals surface area (Å²) in [5.41, 5.74) is 2.63. The van der Waals surface area contributed by atoms with E-state index in [9.17, 15) is 4.79 Å². The average Bonchev–Trinajstić information content (AvgIpc) is 2.82. The van der Waals surface area contributed by atoms with Gasteiger partial charge in [-0.05, 0) is 11.6 Å². The first-order valence-corrected chi connectivity index (χ1v) is 5.49. The van der Waals surface area contributed by atoms with E-state index in [1.54, 1.807) is 6.20 Å². The lowest BCUT2D eigenvalue weighted by Crippen LogP contribution is -2.27. The number of carbonyl (C=O) groups is 1. The molecule has 0 bridgehead atoms. The molecular formula is C13H11N3O. The first kappa shape index (κ1) is 9.96. The molecule has 1 aliphatic rings. The predicted molar refractivity (Wildman–Crippen MR) is 63.9 cm³/mol. The fourth-order valence-corrected chi connectivity index (χ4v) is 2.06. The Hall–Kier alpha value is -2.23. The van der Waals surface area contributed by atoms with E-state index < -0.39 is 0 Å². The normalized spacial score (nSPS) is 17.3. The van der Waals surface area contributed by atoms with Gasteiger partial charge in [0, 0.05) is 24.5 Å². The van der Waals surface area contributed by atoms with E-state index in [0.717, 1.165) is 5.69 Å². The van der Waals surface area contributed by atoms with E-state index in [0.29, 0.717) is 12.1 Å². The van der Waals surface area contributed by atoms with Crippen molar-refractivity contribution in [2.24, 2.45) is 0 Å². The van der Waals surface area contributed by atoms with Crippen LogP contribution in [0, 0.1) is 0 Å². The predicted octanol–water partition coefficient (Wildman–Crippen LogP) is 1.70. The molecule has 0 saturated heterocycles. The molecule has 1 atom stereocenters. The standard InChI is InChI=1S/C13H11N3O/c17-13(12-8-14-5-6-15-12)11-7-9-3-1-2-4-10(9)16-11/h1-6,8,11,16H,7H2. The first-order valence-electron chi connectivity index (χ1n) is 5.49. The van der Waals surface area contributed by atoms with Crippen molar-refractivity contribution in [1.29, 1.82) is 0 Å². The summed E-state index contributed by atoms with van der Waals surface area (Å²) in [5.74, 6) is -0.00528. The van der Waals surface area contributed by atoms with Gasteiger partial charge in [-0.25, -0.2) is 4.98 Å². The quantitative estimate of drug-likeness (QED) is 0.790. The smallest absolute Gasteiger partial charge is 0.205 e. The largest absolute Gasteiger partial charge is 0.374 e. The van der Waals surface area contributed by atoms with Crippen molar-refractivity contribution < 1.29 is 4.79 Å². The molecule has 3 rings (SSSR count). The van der Waals surface area contributed by atoms with Crippen LogP contribution in [0.15, 0.2) is 42.9 Å². The summed E-state index contributed by atoms with van der Waals surface area (Å²) in [6.07, 6.45) is 5.32. The second-order valence-electron chi connectivity index (χ2n) is 4.01. The molecule has 1 aromatic carbocycles. The van der Waals surface area contributed by atoms with Crippen LogP contribution in [0.1, 0.15) is 16.1 Å². The third-order valence-electron chi connectivity index (χ3n) is 2.90. The zero-order valence-electron chi connectivity index (χ0n) is 9.13. The van der Waals surface area contributed by atoms with Gasteiger partial charge in [-0.1, -0.05) is 18.2 Å². The Kier molecular flexibility index (Phi) is 2.33. The van der Waals surface area contributed by atoms with Crippen LogP contribution in [0.2, 0.25) is 0 Å². The van der Waals surface area contributed by atoms with E-state index in [4.69, 9.17) is 0 Å². The molecule has 0 aliphatic carbocycles. The van der Waals surface area contributed by atoms with Gasteiger partial charge in [0.2, 0.25) is 5.78 Å². The van der Waals surface area contributed by atoms with Crippen LogP contribution in [0.5, 0.6) is 0 Å². The maximum Gasteiger partial charge on any atom is 0.205 e. The molecule has 1 unspecified atom stereocenters. The highest BCUT2D eigenvalue weighted by atomic mass is 16.1. The molecule has 4 nitrogen and oxygen atoms in total. The summed E-state index contributed by atoms with van der Waals surface area (Å²) in [4.78, 5) is 20.1. The molecule has 0 fully saturated rings. The van der Waals surface area contributed by atoms with E-state index >= 15 is 0 Å². The summed E-state index contributed by atoms with van der Waals surface area (Å²) in [7, 11) is 0. The molecule has 0 spiro atoms. The van der Waals surface area contributed by atoms with Crippen LogP contribution in [0.25, 0.3) is 0 Å². The number of hydrogen-bond acceptors (Lipinski definition) is 4. The molecule has 0 saturated carbocycles. The van der Waals surface area contributed by atoms with Crippen LogP contribution < -0.4 is 5.32 Å². The van der Waals surface area contributed by atoms with Gasteiger partial charge in [0.1, 0.15) is 5.69 Å². The van der Waals surface area contributed by atoms with Crippen LogP contribution in [-0.2, 0) is 6.42 Å². The monoisotopic (exact) mass is 225 g/mol. The molecule has 1 N–H and O–H groups in total. The fourth-order valence-electron chi connectivity index (χ4n) is 2.06. The molecule has 2 heterocycles. The van der Waals surface area contributed by atoms with Gasteiger partial charge in [0.05, 0.1) is 12.2 Å². The van der Waals surface area contributed by atoms with Gasteiger partial charge >= 0.3 is 0 Å². The van der Waals surface area contributed by atoms with Crippen molar-refractivity contribution in [3.8, 4) is 0 Å². The number of anilines is 1. The highest BCUT2D eigenvalue weighted by molar-refractivity contribution is 6.01. The molecule has 84 valence electrons. The van der Waals surface area contributed by atoms with Crippen LogP contribution >= 0.6 is 0 Å². The van der Waals surface area contributed by atoms with Crippen molar-refractivity contribution in [3.63, 3.8) is 0 Å². The number of fused-ring (bicyclic) bond motifs is 1. The maximum absolute atomic E-state index is 12.2. The summed E-state index contributed by atoms with van der Waals surface area (Å²) in [6.45, 7) is 0. The highest BCUT2D eigenvalue weighted by Crippen LogP contribution is 2.26. The van der Waals surface area contributed by atoms with E-state index in [1.165, 1.54) is 18.0 Å². The number of carbonyl (C=O) groups excluding carboxylic acids is 1. The molecule has 0 amide bonds. The topological polar surface area (TPSA) is 54.9 Å². The Morgan fingerprint density at radius 2 is 2.18 bits per heavy atom. The minimum atomic E-state index is -0.218. The van der Waals surface area contributed by atoms with Gasteiger partial charge < -0.3 is 5.32 Å². The number of ketones is 1. The summed E-state index contributed by atoms with van der Waals surface area (Å²) < 4.78 is 0. The van der Waals surface area contributed by atoms with E-state index in [1.807, 2.05) is 24.3 Å². The Morgan fingerprint density at radius 1 is 1.29 bits per heavy atom. The molecular weight excluding hydrogens is 214 g/mol. The number of nitrogens with one attached hydrogen (secondary N) is 1. The van der Waals surface area contributed by atoms with Gasteiger partial charge in [0.15, 0.2) is 0 Å². The second-order valence-corrected chi connectivity index (χ2v) is 4.01. The van der Waals surface area contributed by atoms with Crippen molar-refractivity contribution >= 4 is 11.5 Å². The average molecular weight is 225 g/mol.